The number of carbonyl (C=O) groups is 1. The van der Waals surface area contributed by atoms with Gasteiger partial charge in [-0.25, -0.2) is 13.2 Å². The minimum atomic E-state index is -3.64. The summed E-state index contributed by atoms with van der Waals surface area (Å²) in [4.78, 5) is 15.0. The summed E-state index contributed by atoms with van der Waals surface area (Å²) in [7, 11) is -3.64. The first-order valence-corrected chi connectivity index (χ1v) is 9.50. The fourth-order valence-corrected chi connectivity index (χ4v) is 4.41. The van der Waals surface area contributed by atoms with Gasteiger partial charge in [0.05, 0.1) is 12.4 Å². The van der Waals surface area contributed by atoms with Crippen molar-refractivity contribution in [1.29, 1.82) is 0 Å². The molecule has 1 aromatic heterocycles. The van der Waals surface area contributed by atoms with E-state index >= 15 is 0 Å². The molecule has 0 aliphatic heterocycles. The molecular formula is C16H20ClNO4S. The number of benzene rings is 1. The molecule has 2 aromatic rings. The van der Waals surface area contributed by atoms with Gasteiger partial charge in [0.15, 0.2) is 9.84 Å². The number of hydrogen-bond donors (Lipinski definition) is 1. The molecule has 0 spiro atoms. The lowest BCUT2D eigenvalue weighted by Gasteiger charge is -2.08. The van der Waals surface area contributed by atoms with Gasteiger partial charge in [0.2, 0.25) is 0 Å². The second kappa shape index (κ2) is 6.93. The molecule has 0 saturated carbocycles. The Morgan fingerprint density at radius 3 is 2.65 bits per heavy atom. The SMILES string of the molecule is CCOC(=O)c1[nH]c2ccc(Cl)cc2c1S(=O)(=O)CCC(C)C. The Kier molecular flexibility index (Phi) is 5.37. The predicted octanol–water partition coefficient (Wildman–Crippen LogP) is 3.82. The van der Waals surface area contributed by atoms with Gasteiger partial charge in [-0.2, -0.15) is 0 Å². The molecule has 0 saturated heterocycles. The van der Waals surface area contributed by atoms with Crippen LogP contribution in [0.4, 0.5) is 0 Å². The molecule has 0 aliphatic carbocycles. The molecule has 1 heterocycles. The standard InChI is InChI=1S/C16H20ClNO4S/c1-4-22-16(19)14-15(23(20,21)8-7-10(2)3)12-9-11(17)5-6-13(12)18-14/h5-6,9-10,18H,4,7-8H2,1-3H3. The molecule has 1 N–H and O–H groups in total. The number of ether oxygens (including phenoxy) is 1. The first-order chi connectivity index (χ1) is 10.8. The van der Waals surface area contributed by atoms with Gasteiger partial charge < -0.3 is 9.72 Å². The van der Waals surface area contributed by atoms with Crippen LogP contribution < -0.4 is 0 Å². The van der Waals surface area contributed by atoms with Crippen LogP contribution in [0.25, 0.3) is 10.9 Å². The number of hydrogen-bond acceptors (Lipinski definition) is 4. The Morgan fingerprint density at radius 1 is 1.35 bits per heavy atom. The number of rotatable bonds is 6. The number of sulfone groups is 1. The smallest absolute Gasteiger partial charge is 0.356 e. The number of halogens is 1. The van der Waals surface area contributed by atoms with Crippen molar-refractivity contribution in [1.82, 2.24) is 4.98 Å². The number of carbonyl (C=O) groups excluding carboxylic acids is 1. The van der Waals surface area contributed by atoms with Gasteiger partial charge in [0.1, 0.15) is 10.6 Å². The largest absolute Gasteiger partial charge is 0.461 e. The van der Waals surface area contributed by atoms with Gasteiger partial charge >= 0.3 is 5.97 Å². The molecule has 5 nitrogen and oxygen atoms in total. The minimum absolute atomic E-state index is 0.0194. The second-order valence-electron chi connectivity index (χ2n) is 5.74. The van der Waals surface area contributed by atoms with E-state index in [9.17, 15) is 13.2 Å². The molecule has 0 fully saturated rings. The maximum atomic E-state index is 12.8. The fourth-order valence-electron chi connectivity index (χ4n) is 2.30. The van der Waals surface area contributed by atoms with Crippen molar-refractivity contribution in [3.63, 3.8) is 0 Å². The van der Waals surface area contributed by atoms with E-state index in [1.165, 1.54) is 0 Å². The molecule has 0 amide bonds. The zero-order chi connectivity index (χ0) is 17.2. The van der Waals surface area contributed by atoms with E-state index in [0.29, 0.717) is 22.3 Å². The van der Waals surface area contributed by atoms with E-state index in [2.05, 4.69) is 4.98 Å². The van der Waals surface area contributed by atoms with Crippen LogP contribution in [0, 0.1) is 5.92 Å². The molecule has 1 aromatic carbocycles. The third-order valence-corrected chi connectivity index (χ3v) is 5.52. The average Bonchev–Trinajstić information content (AvgIpc) is 2.85. The quantitative estimate of drug-likeness (QED) is 0.797. The summed E-state index contributed by atoms with van der Waals surface area (Å²) in [6.07, 6.45) is 0.512. The lowest BCUT2D eigenvalue weighted by Crippen LogP contribution is -2.15. The van der Waals surface area contributed by atoms with Crippen LogP contribution in [0.3, 0.4) is 0 Å². The lowest BCUT2D eigenvalue weighted by atomic mass is 10.2. The molecule has 2 rings (SSSR count). The Bertz CT molecular complexity index is 824. The normalized spacial score (nSPS) is 12.0. The summed E-state index contributed by atoms with van der Waals surface area (Å²) < 4.78 is 30.5. The van der Waals surface area contributed by atoms with Crippen molar-refractivity contribution < 1.29 is 17.9 Å². The van der Waals surface area contributed by atoms with Crippen LogP contribution >= 0.6 is 11.6 Å². The highest BCUT2D eigenvalue weighted by molar-refractivity contribution is 7.91. The van der Waals surface area contributed by atoms with Crippen LogP contribution in [-0.4, -0.2) is 31.7 Å². The van der Waals surface area contributed by atoms with Crippen LogP contribution in [0.1, 0.15) is 37.7 Å². The van der Waals surface area contributed by atoms with Crippen molar-refractivity contribution in [2.45, 2.75) is 32.1 Å². The van der Waals surface area contributed by atoms with Gasteiger partial charge in [-0.3, -0.25) is 0 Å². The monoisotopic (exact) mass is 357 g/mol. The summed E-state index contributed by atoms with van der Waals surface area (Å²) >= 11 is 5.99. The van der Waals surface area contributed by atoms with Crippen molar-refractivity contribution in [2.24, 2.45) is 5.92 Å². The predicted molar refractivity (Wildman–Crippen MR) is 90.8 cm³/mol. The molecule has 0 bridgehead atoms. The second-order valence-corrected chi connectivity index (χ2v) is 8.22. The average molecular weight is 358 g/mol. The maximum absolute atomic E-state index is 12.8. The van der Waals surface area contributed by atoms with Crippen molar-refractivity contribution in [3.05, 3.63) is 28.9 Å². The zero-order valence-electron chi connectivity index (χ0n) is 13.3. The Balaban J connectivity index is 2.64. The first-order valence-electron chi connectivity index (χ1n) is 7.47. The van der Waals surface area contributed by atoms with Crippen molar-refractivity contribution in [3.8, 4) is 0 Å². The Labute approximate surface area is 140 Å². The fraction of sp³-hybridized carbons (Fsp3) is 0.438. The summed E-state index contributed by atoms with van der Waals surface area (Å²) in [6.45, 7) is 5.74. The number of esters is 1. The third kappa shape index (κ3) is 3.87. The Morgan fingerprint density at radius 2 is 2.04 bits per heavy atom. The van der Waals surface area contributed by atoms with Crippen LogP contribution in [0.2, 0.25) is 5.02 Å². The minimum Gasteiger partial charge on any atom is -0.461 e. The third-order valence-electron chi connectivity index (χ3n) is 3.47. The topological polar surface area (TPSA) is 76.2 Å². The zero-order valence-corrected chi connectivity index (χ0v) is 14.9. The van der Waals surface area contributed by atoms with E-state index in [-0.39, 0.29) is 28.9 Å². The molecule has 0 unspecified atom stereocenters. The van der Waals surface area contributed by atoms with E-state index < -0.39 is 15.8 Å². The molecule has 126 valence electrons. The molecule has 7 heteroatoms. The van der Waals surface area contributed by atoms with Crippen molar-refractivity contribution in [2.75, 3.05) is 12.4 Å². The molecule has 0 aliphatic rings. The maximum Gasteiger partial charge on any atom is 0.356 e. The van der Waals surface area contributed by atoms with Gasteiger partial charge in [-0.15, -0.1) is 0 Å². The summed E-state index contributed by atoms with van der Waals surface area (Å²) in [5.74, 6) is -0.469. The lowest BCUT2D eigenvalue weighted by molar-refractivity contribution is 0.0516. The first kappa shape index (κ1) is 17.8. The molecule has 0 radical (unpaired) electrons. The summed E-state index contributed by atoms with van der Waals surface area (Å²) in [6, 6.07) is 4.85. The van der Waals surface area contributed by atoms with Gasteiger partial charge in [-0.05, 0) is 37.5 Å². The van der Waals surface area contributed by atoms with Gasteiger partial charge in [0.25, 0.3) is 0 Å². The number of fused-ring (bicyclic) bond motifs is 1. The van der Waals surface area contributed by atoms with Crippen molar-refractivity contribution >= 4 is 38.3 Å². The number of H-pyrrole nitrogens is 1. The van der Waals surface area contributed by atoms with E-state index in [4.69, 9.17) is 16.3 Å². The summed E-state index contributed by atoms with van der Waals surface area (Å²) in [5, 5.41) is 0.830. The van der Waals surface area contributed by atoms with Crippen LogP contribution in [0.5, 0.6) is 0 Å². The van der Waals surface area contributed by atoms with E-state index in [1.54, 1.807) is 25.1 Å². The number of aromatic amines is 1. The Hall–Kier alpha value is -1.53. The van der Waals surface area contributed by atoms with Crippen LogP contribution in [-0.2, 0) is 14.6 Å². The summed E-state index contributed by atoms with van der Waals surface area (Å²) in [5.41, 5.74) is 0.508. The van der Waals surface area contributed by atoms with Gasteiger partial charge in [-0.1, -0.05) is 25.4 Å². The molecule has 23 heavy (non-hydrogen) atoms. The van der Waals surface area contributed by atoms with Crippen LogP contribution in [0.15, 0.2) is 23.1 Å². The van der Waals surface area contributed by atoms with Gasteiger partial charge in [0, 0.05) is 15.9 Å². The molecule has 0 atom stereocenters. The van der Waals surface area contributed by atoms with E-state index in [1.807, 2.05) is 13.8 Å². The van der Waals surface area contributed by atoms with E-state index in [0.717, 1.165) is 0 Å². The highest BCUT2D eigenvalue weighted by Crippen LogP contribution is 2.31. The highest BCUT2D eigenvalue weighted by Gasteiger charge is 2.28. The number of nitrogens with one attached hydrogen (secondary N) is 1. The molecular weight excluding hydrogens is 338 g/mol. The number of aromatic nitrogens is 1. The highest BCUT2D eigenvalue weighted by atomic mass is 35.5.